The Kier molecular flexibility index (Phi) is 5.43. The van der Waals surface area contributed by atoms with E-state index in [1.165, 1.54) is 0 Å². The van der Waals surface area contributed by atoms with Gasteiger partial charge in [-0.15, -0.1) is 0 Å². The predicted molar refractivity (Wildman–Crippen MR) is 110 cm³/mol. The average Bonchev–Trinajstić information content (AvgIpc) is 2.82. The van der Waals surface area contributed by atoms with E-state index in [1.807, 2.05) is 37.8 Å². The van der Waals surface area contributed by atoms with Crippen molar-refractivity contribution in [2.24, 2.45) is 5.92 Å². The number of carbonyl (C=O) groups is 2. The number of nitrogen functional groups attached to an aromatic ring is 1. The number of carbonyl (C=O) groups excluding carboxylic acids is 2. The summed E-state index contributed by atoms with van der Waals surface area (Å²) in [5.41, 5.74) is 6.85. The molecular formula is C20H28BrN3O3. The molecule has 0 aliphatic carbocycles. The summed E-state index contributed by atoms with van der Waals surface area (Å²) in [6, 6.07) is 5.67. The average molecular weight is 438 g/mol. The van der Waals surface area contributed by atoms with Crippen molar-refractivity contribution in [2.75, 3.05) is 17.7 Å². The first kappa shape index (κ1) is 20.0. The first-order valence-electron chi connectivity index (χ1n) is 9.40. The molecule has 3 atom stereocenters. The van der Waals surface area contributed by atoms with Gasteiger partial charge in [-0.2, -0.15) is 0 Å². The number of rotatable bonds is 2. The van der Waals surface area contributed by atoms with Gasteiger partial charge < -0.3 is 20.3 Å². The zero-order chi connectivity index (χ0) is 19.9. The van der Waals surface area contributed by atoms with Crippen LogP contribution in [0.15, 0.2) is 22.7 Å². The second-order valence-electron chi connectivity index (χ2n) is 8.54. The van der Waals surface area contributed by atoms with E-state index in [2.05, 4.69) is 15.9 Å². The largest absolute Gasteiger partial charge is 0.444 e. The Morgan fingerprint density at radius 3 is 2.33 bits per heavy atom. The molecule has 2 saturated heterocycles. The summed E-state index contributed by atoms with van der Waals surface area (Å²) in [5, 5.41) is 0. The van der Waals surface area contributed by atoms with Crippen LogP contribution in [0.5, 0.6) is 0 Å². The fraction of sp³-hybridized carbons (Fsp3) is 0.600. The number of benzene rings is 1. The summed E-state index contributed by atoms with van der Waals surface area (Å²) in [6.07, 6.45) is 2.95. The molecule has 27 heavy (non-hydrogen) atoms. The molecule has 2 aliphatic heterocycles. The van der Waals surface area contributed by atoms with E-state index in [0.29, 0.717) is 24.2 Å². The lowest BCUT2D eigenvalue weighted by atomic mass is 9.89. The van der Waals surface area contributed by atoms with Gasteiger partial charge in [0.1, 0.15) is 5.60 Å². The van der Waals surface area contributed by atoms with Gasteiger partial charge in [0, 0.05) is 29.5 Å². The maximum atomic E-state index is 13.1. The third-order valence-corrected chi connectivity index (χ3v) is 5.86. The highest BCUT2D eigenvalue weighted by Gasteiger charge is 2.47. The van der Waals surface area contributed by atoms with Crippen LogP contribution in [0.1, 0.15) is 46.5 Å². The SMILES string of the molecule is CN(C(=O)C1C[C@H]2CC[C@@H](C1)N2C(=O)OC(C)(C)C)c1ccc(Br)cc1N. The van der Waals surface area contributed by atoms with Gasteiger partial charge in [0.15, 0.2) is 0 Å². The van der Waals surface area contributed by atoms with Crippen molar-refractivity contribution >= 4 is 39.3 Å². The number of anilines is 2. The monoisotopic (exact) mass is 437 g/mol. The third kappa shape index (κ3) is 4.23. The van der Waals surface area contributed by atoms with Crippen LogP contribution in [0.25, 0.3) is 0 Å². The van der Waals surface area contributed by atoms with E-state index < -0.39 is 5.60 Å². The topological polar surface area (TPSA) is 75.9 Å². The lowest BCUT2D eigenvalue weighted by Gasteiger charge is -2.39. The molecule has 0 spiro atoms. The molecule has 0 saturated carbocycles. The van der Waals surface area contributed by atoms with Crippen molar-refractivity contribution < 1.29 is 14.3 Å². The molecule has 2 amide bonds. The van der Waals surface area contributed by atoms with E-state index in [0.717, 1.165) is 17.3 Å². The number of halogens is 1. The first-order valence-corrected chi connectivity index (χ1v) is 10.2. The molecule has 1 unspecified atom stereocenters. The van der Waals surface area contributed by atoms with Gasteiger partial charge in [0.2, 0.25) is 5.91 Å². The molecular weight excluding hydrogens is 410 g/mol. The smallest absolute Gasteiger partial charge is 0.410 e. The Labute approximate surface area is 169 Å². The molecule has 0 aromatic heterocycles. The first-order chi connectivity index (χ1) is 12.6. The molecule has 7 heteroatoms. The highest BCUT2D eigenvalue weighted by atomic mass is 79.9. The van der Waals surface area contributed by atoms with Crippen LogP contribution in [0.3, 0.4) is 0 Å². The van der Waals surface area contributed by atoms with E-state index in [-0.39, 0.29) is 30.0 Å². The van der Waals surface area contributed by atoms with Crippen LogP contribution in [0, 0.1) is 5.92 Å². The normalized spacial score (nSPS) is 24.6. The minimum atomic E-state index is -0.511. The number of ether oxygens (including phenoxy) is 1. The molecule has 2 aliphatic rings. The quantitative estimate of drug-likeness (QED) is 0.704. The Hall–Kier alpha value is -1.76. The molecule has 6 nitrogen and oxygen atoms in total. The summed E-state index contributed by atoms with van der Waals surface area (Å²) in [7, 11) is 1.77. The van der Waals surface area contributed by atoms with E-state index in [1.54, 1.807) is 18.0 Å². The van der Waals surface area contributed by atoms with E-state index in [4.69, 9.17) is 10.5 Å². The molecule has 1 aromatic rings. The fourth-order valence-corrected chi connectivity index (χ4v) is 4.59. The summed E-state index contributed by atoms with van der Waals surface area (Å²) in [6.45, 7) is 5.63. The van der Waals surface area contributed by atoms with Gasteiger partial charge in [-0.1, -0.05) is 15.9 Å². The lowest BCUT2D eigenvalue weighted by Crippen LogP contribution is -2.51. The minimum absolute atomic E-state index is 0.0600. The second-order valence-corrected chi connectivity index (χ2v) is 9.46. The van der Waals surface area contributed by atoms with Crippen LogP contribution in [-0.2, 0) is 9.53 Å². The number of hydrogen-bond acceptors (Lipinski definition) is 4. The molecule has 2 heterocycles. The van der Waals surface area contributed by atoms with Crippen LogP contribution < -0.4 is 10.6 Å². The zero-order valence-corrected chi connectivity index (χ0v) is 18.0. The lowest BCUT2D eigenvalue weighted by molar-refractivity contribution is -0.124. The number of nitrogens with two attached hydrogens (primary N) is 1. The molecule has 148 valence electrons. The van der Waals surface area contributed by atoms with E-state index >= 15 is 0 Å². The number of nitrogens with zero attached hydrogens (tertiary/aromatic N) is 2. The Balaban J connectivity index is 1.70. The molecule has 3 rings (SSSR count). The molecule has 2 N–H and O–H groups in total. The standard InChI is InChI=1S/C20H28BrN3O3/c1-20(2,3)27-19(26)24-14-6-7-15(24)10-12(9-14)18(25)23(4)17-8-5-13(21)11-16(17)22/h5,8,11-12,14-15H,6-7,9-10,22H2,1-4H3/t12?,14-,15+. The number of piperidine rings is 1. The van der Waals surface area contributed by atoms with Crippen LogP contribution in [0.4, 0.5) is 16.2 Å². The van der Waals surface area contributed by atoms with Crippen molar-refractivity contribution in [2.45, 2.75) is 64.1 Å². The summed E-state index contributed by atoms with van der Waals surface area (Å²) >= 11 is 3.39. The Bertz CT molecular complexity index is 732. The van der Waals surface area contributed by atoms with Crippen molar-refractivity contribution in [1.82, 2.24) is 4.90 Å². The van der Waals surface area contributed by atoms with E-state index in [9.17, 15) is 9.59 Å². The fourth-order valence-electron chi connectivity index (χ4n) is 4.21. The van der Waals surface area contributed by atoms with Crippen LogP contribution in [0.2, 0.25) is 0 Å². The maximum Gasteiger partial charge on any atom is 0.410 e. The van der Waals surface area contributed by atoms with Crippen LogP contribution >= 0.6 is 15.9 Å². The third-order valence-electron chi connectivity index (χ3n) is 5.37. The van der Waals surface area contributed by atoms with Crippen molar-refractivity contribution in [3.8, 4) is 0 Å². The summed E-state index contributed by atoms with van der Waals surface area (Å²) < 4.78 is 6.45. The number of amides is 2. The molecule has 1 aromatic carbocycles. The molecule has 2 fully saturated rings. The number of hydrogen-bond donors (Lipinski definition) is 1. The van der Waals surface area contributed by atoms with Gasteiger partial charge >= 0.3 is 6.09 Å². The highest BCUT2D eigenvalue weighted by molar-refractivity contribution is 9.10. The summed E-state index contributed by atoms with van der Waals surface area (Å²) in [4.78, 5) is 29.2. The van der Waals surface area contributed by atoms with Gasteiger partial charge in [-0.3, -0.25) is 4.79 Å². The maximum absolute atomic E-state index is 13.1. The van der Waals surface area contributed by atoms with Gasteiger partial charge in [0.05, 0.1) is 11.4 Å². The zero-order valence-electron chi connectivity index (χ0n) is 16.4. The van der Waals surface area contributed by atoms with Gasteiger partial charge in [-0.05, 0) is 64.7 Å². The minimum Gasteiger partial charge on any atom is -0.444 e. The van der Waals surface area contributed by atoms with Crippen molar-refractivity contribution in [3.63, 3.8) is 0 Å². The van der Waals surface area contributed by atoms with Crippen LogP contribution in [-0.4, -0.2) is 41.6 Å². The Morgan fingerprint density at radius 2 is 1.81 bits per heavy atom. The molecule has 0 radical (unpaired) electrons. The predicted octanol–water partition coefficient (Wildman–Crippen LogP) is 4.17. The van der Waals surface area contributed by atoms with Gasteiger partial charge in [0.25, 0.3) is 0 Å². The van der Waals surface area contributed by atoms with Crippen molar-refractivity contribution in [1.29, 1.82) is 0 Å². The highest BCUT2D eigenvalue weighted by Crippen LogP contribution is 2.41. The summed E-state index contributed by atoms with van der Waals surface area (Å²) in [5.74, 6) is -0.0426. The second kappa shape index (κ2) is 7.34. The van der Waals surface area contributed by atoms with Gasteiger partial charge in [-0.25, -0.2) is 4.79 Å². The number of fused-ring (bicyclic) bond motifs is 2. The Morgan fingerprint density at radius 1 is 1.22 bits per heavy atom. The van der Waals surface area contributed by atoms with Crippen molar-refractivity contribution in [3.05, 3.63) is 22.7 Å². The molecule has 2 bridgehead atoms.